The first-order valence-corrected chi connectivity index (χ1v) is 7.03. The molecular formula is C16H21NO3. The lowest BCUT2D eigenvalue weighted by atomic mass is 9.87. The van der Waals surface area contributed by atoms with E-state index in [1.54, 1.807) is 0 Å². The average molecular weight is 275 g/mol. The molecule has 1 saturated carbocycles. The molecule has 4 nitrogen and oxygen atoms in total. The number of anilines is 1. The molecule has 0 unspecified atom stereocenters. The topological polar surface area (TPSA) is 57.6 Å². The summed E-state index contributed by atoms with van der Waals surface area (Å²) in [6.45, 7) is 3.63. The van der Waals surface area contributed by atoms with Gasteiger partial charge in [-0.25, -0.2) is 0 Å². The molecule has 0 aromatic heterocycles. The molecule has 2 rings (SSSR count). The number of nitrogens with zero attached hydrogens (tertiary/aromatic N) is 1. The van der Waals surface area contributed by atoms with Crippen LogP contribution in [0.25, 0.3) is 0 Å². The molecule has 108 valence electrons. The number of carbonyl (C=O) groups excluding carboxylic acids is 1. The Labute approximate surface area is 119 Å². The minimum Gasteiger partial charge on any atom is -0.480 e. The molecule has 1 aromatic rings. The summed E-state index contributed by atoms with van der Waals surface area (Å²) in [6, 6.07) is 7.42. The van der Waals surface area contributed by atoms with Gasteiger partial charge >= 0.3 is 5.97 Å². The minimum absolute atomic E-state index is 0.0683. The molecule has 20 heavy (non-hydrogen) atoms. The smallest absolute Gasteiger partial charge is 0.323 e. The van der Waals surface area contributed by atoms with Crippen LogP contribution in [0.4, 0.5) is 5.69 Å². The van der Waals surface area contributed by atoms with Crippen LogP contribution in [0.2, 0.25) is 0 Å². The van der Waals surface area contributed by atoms with Gasteiger partial charge in [-0.1, -0.05) is 37.5 Å². The highest BCUT2D eigenvalue weighted by Crippen LogP contribution is 2.40. The first-order valence-electron chi connectivity index (χ1n) is 7.03. The number of benzene rings is 1. The Bertz CT molecular complexity index is 501. The lowest BCUT2D eigenvalue weighted by Crippen LogP contribution is -2.44. The number of hydrogen-bond acceptors (Lipinski definition) is 2. The van der Waals surface area contributed by atoms with Gasteiger partial charge in [-0.3, -0.25) is 9.59 Å². The van der Waals surface area contributed by atoms with E-state index in [2.05, 4.69) is 0 Å². The fourth-order valence-electron chi connectivity index (χ4n) is 2.84. The van der Waals surface area contributed by atoms with Crippen LogP contribution in [0.5, 0.6) is 0 Å². The van der Waals surface area contributed by atoms with Crippen molar-refractivity contribution in [3.05, 3.63) is 29.8 Å². The van der Waals surface area contributed by atoms with Crippen molar-refractivity contribution in [3.63, 3.8) is 0 Å². The Kier molecular flexibility index (Phi) is 4.12. The molecule has 0 aliphatic heterocycles. The van der Waals surface area contributed by atoms with Gasteiger partial charge in [-0.05, 0) is 31.9 Å². The molecule has 4 heteroatoms. The average Bonchev–Trinajstić information content (AvgIpc) is 2.84. The van der Waals surface area contributed by atoms with Crippen molar-refractivity contribution in [2.24, 2.45) is 5.41 Å². The summed E-state index contributed by atoms with van der Waals surface area (Å²) in [5, 5.41) is 9.08. The normalized spacial score (nSPS) is 16.9. The van der Waals surface area contributed by atoms with Crippen LogP contribution in [-0.4, -0.2) is 23.5 Å². The second-order valence-electron chi connectivity index (χ2n) is 5.89. The summed E-state index contributed by atoms with van der Waals surface area (Å²) in [4.78, 5) is 25.2. The predicted octanol–water partition coefficient (Wildman–Crippen LogP) is 2.99. The van der Waals surface area contributed by atoms with Gasteiger partial charge in [0.25, 0.3) is 0 Å². The van der Waals surface area contributed by atoms with Crippen molar-refractivity contribution in [3.8, 4) is 0 Å². The Morgan fingerprint density at radius 2 is 1.75 bits per heavy atom. The first-order chi connectivity index (χ1) is 9.42. The molecule has 0 atom stereocenters. The van der Waals surface area contributed by atoms with Crippen LogP contribution in [0, 0.1) is 12.3 Å². The van der Waals surface area contributed by atoms with Crippen molar-refractivity contribution in [2.45, 2.75) is 39.5 Å². The molecule has 0 bridgehead atoms. The number of rotatable bonds is 4. The highest BCUT2D eigenvalue weighted by molar-refractivity contribution is 6.00. The van der Waals surface area contributed by atoms with Gasteiger partial charge in [0.1, 0.15) is 6.54 Å². The molecule has 1 aliphatic rings. The van der Waals surface area contributed by atoms with Gasteiger partial charge in [0.15, 0.2) is 0 Å². The van der Waals surface area contributed by atoms with Crippen LogP contribution in [-0.2, 0) is 9.59 Å². The Morgan fingerprint density at radius 3 is 2.25 bits per heavy atom. The van der Waals surface area contributed by atoms with Crippen molar-refractivity contribution in [1.82, 2.24) is 0 Å². The van der Waals surface area contributed by atoms with Crippen molar-refractivity contribution < 1.29 is 14.7 Å². The third-order valence-corrected chi connectivity index (χ3v) is 4.11. The van der Waals surface area contributed by atoms with Crippen LogP contribution in [0.1, 0.15) is 38.2 Å². The molecule has 0 saturated heterocycles. The standard InChI is InChI=1S/C16H21NO3/c1-12-5-7-13(8-6-12)17(11-14(18)19)15(20)16(2)9-3-4-10-16/h5-8H,3-4,9-11H2,1-2H3,(H,18,19). The summed E-state index contributed by atoms with van der Waals surface area (Å²) < 4.78 is 0. The third kappa shape index (κ3) is 3.00. The van der Waals surface area contributed by atoms with Gasteiger partial charge in [0.05, 0.1) is 0 Å². The maximum Gasteiger partial charge on any atom is 0.323 e. The van der Waals surface area contributed by atoms with E-state index in [0.29, 0.717) is 5.69 Å². The zero-order chi connectivity index (χ0) is 14.8. The highest BCUT2D eigenvalue weighted by atomic mass is 16.4. The minimum atomic E-state index is -0.986. The van der Waals surface area contributed by atoms with E-state index in [9.17, 15) is 9.59 Å². The lowest BCUT2D eigenvalue weighted by molar-refractivity contribution is -0.137. The van der Waals surface area contributed by atoms with E-state index in [-0.39, 0.29) is 12.5 Å². The summed E-state index contributed by atoms with van der Waals surface area (Å²) >= 11 is 0. The maximum atomic E-state index is 12.8. The molecule has 1 fully saturated rings. The Hall–Kier alpha value is -1.84. The van der Waals surface area contributed by atoms with E-state index in [1.165, 1.54) is 4.90 Å². The highest BCUT2D eigenvalue weighted by Gasteiger charge is 2.40. The lowest BCUT2D eigenvalue weighted by Gasteiger charge is -2.30. The number of aliphatic carboxylic acids is 1. The molecule has 1 amide bonds. The van der Waals surface area contributed by atoms with Gasteiger partial charge in [-0.15, -0.1) is 0 Å². The SMILES string of the molecule is Cc1ccc(N(CC(=O)O)C(=O)C2(C)CCCC2)cc1. The third-order valence-electron chi connectivity index (χ3n) is 4.11. The second kappa shape index (κ2) is 5.65. The Morgan fingerprint density at radius 1 is 1.20 bits per heavy atom. The van der Waals surface area contributed by atoms with Crippen molar-refractivity contribution >= 4 is 17.6 Å². The molecule has 1 N–H and O–H groups in total. The summed E-state index contributed by atoms with van der Waals surface area (Å²) in [7, 11) is 0. The van der Waals surface area contributed by atoms with E-state index in [4.69, 9.17) is 5.11 Å². The predicted molar refractivity (Wildman–Crippen MR) is 77.7 cm³/mol. The summed E-state index contributed by atoms with van der Waals surface area (Å²) in [5.74, 6) is -1.05. The van der Waals surface area contributed by atoms with Crippen LogP contribution in [0.15, 0.2) is 24.3 Å². The van der Waals surface area contributed by atoms with Gasteiger partial charge in [0.2, 0.25) is 5.91 Å². The second-order valence-corrected chi connectivity index (χ2v) is 5.89. The van der Waals surface area contributed by atoms with E-state index >= 15 is 0 Å². The molecule has 1 aromatic carbocycles. The fraction of sp³-hybridized carbons (Fsp3) is 0.500. The van der Waals surface area contributed by atoms with Crippen molar-refractivity contribution in [1.29, 1.82) is 0 Å². The van der Waals surface area contributed by atoms with Gasteiger partial charge in [0, 0.05) is 11.1 Å². The zero-order valence-electron chi connectivity index (χ0n) is 12.1. The zero-order valence-corrected chi connectivity index (χ0v) is 12.1. The molecular weight excluding hydrogens is 254 g/mol. The first kappa shape index (κ1) is 14.6. The van der Waals surface area contributed by atoms with Crippen LogP contribution >= 0.6 is 0 Å². The van der Waals surface area contributed by atoms with E-state index in [1.807, 2.05) is 38.1 Å². The summed E-state index contributed by atoms with van der Waals surface area (Å²) in [6.07, 6.45) is 3.76. The number of carboxylic acid groups (broad SMARTS) is 1. The quantitative estimate of drug-likeness (QED) is 0.919. The fourth-order valence-corrected chi connectivity index (χ4v) is 2.84. The molecule has 1 aliphatic carbocycles. The van der Waals surface area contributed by atoms with Crippen LogP contribution < -0.4 is 4.90 Å². The number of carbonyl (C=O) groups is 2. The molecule has 0 radical (unpaired) electrons. The molecule has 0 heterocycles. The molecule has 0 spiro atoms. The van der Waals surface area contributed by atoms with Crippen LogP contribution in [0.3, 0.4) is 0 Å². The Balaban J connectivity index is 2.29. The maximum absolute atomic E-state index is 12.8. The number of carboxylic acids is 1. The van der Waals surface area contributed by atoms with Gasteiger partial charge < -0.3 is 10.0 Å². The summed E-state index contributed by atoms with van der Waals surface area (Å²) in [5.41, 5.74) is 1.33. The van der Waals surface area contributed by atoms with Crippen molar-refractivity contribution in [2.75, 3.05) is 11.4 Å². The number of hydrogen-bond donors (Lipinski definition) is 1. The van der Waals surface area contributed by atoms with E-state index < -0.39 is 11.4 Å². The van der Waals surface area contributed by atoms with Gasteiger partial charge in [-0.2, -0.15) is 0 Å². The largest absolute Gasteiger partial charge is 0.480 e. The monoisotopic (exact) mass is 275 g/mol. The number of aryl methyl sites for hydroxylation is 1. The number of amides is 1. The van der Waals surface area contributed by atoms with E-state index in [0.717, 1.165) is 31.2 Å².